The molecule has 5 nitrogen and oxygen atoms in total. The van der Waals surface area contributed by atoms with Crippen molar-refractivity contribution in [3.05, 3.63) is 24.2 Å². The van der Waals surface area contributed by atoms with Gasteiger partial charge in [0.1, 0.15) is 5.76 Å². The maximum absolute atomic E-state index is 11.2. The fourth-order valence-corrected chi connectivity index (χ4v) is 1.51. The first-order valence-electron chi connectivity index (χ1n) is 4.22. The summed E-state index contributed by atoms with van der Waals surface area (Å²) in [7, 11) is -0.347. The van der Waals surface area contributed by atoms with Crippen molar-refractivity contribution in [3.8, 4) is 0 Å². The topological polar surface area (TPSA) is 62.6 Å². The predicted molar refractivity (Wildman–Crippen MR) is 53.0 cm³/mol. The molecular formula is C8H14N2O3S. The molecule has 0 aliphatic carbocycles. The molecule has 0 aromatic carbocycles. The molecule has 1 rings (SSSR count). The Hall–Kier alpha value is -0.850. The van der Waals surface area contributed by atoms with E-state index in [2.05, 4.69) is 4.72 Å². The summed E-state index contributed by atoms with van der Waals surface area (Å²) in [5.74, 6) is 0.770. The smallest absolute Gasteiger partial charge is 0.278 e. The molecule has 0 aliphatic rings. The maximum Gasteiger partial charge on any atom is 0.278 e. The van der Waals surface area contributed by atoms with Crippen molar-refractivity contribution in [1.82, 2.24) is 9.03 Å². The Morgan fingerprint density at radius 2 is 2.21 bits per heavy atom. The average molecular weight is 218 g/mol. The molecule has 0 amide bonds. The number of hydrogen-bond acceptors (Lipinski definition) is 3. The molecule has 0 atom stereocenters. The molecule has 1 aromatic heterocycles. The van der Waals surface area contributed by atoms with Gasteiger partial charge in [0.15, 0.2) is 0 Å². The number of rotatable bonds is 5. The summed E-state index contributed by atoms with van der Waals surface area (Å²) in [6, 6.07) is 3.58. The van der Waals surface area contributed by atoms with E-state index in [0.717, 1.165) is 10.1 Å². The van der Waals surface area contributed by atoms with E-state index in [4.69, 9.17) is 4.42 Å². The van der Waals surface area contributed by atoms with Gasteiger partial charge in [-0.1, -0.05) is 0 Å². The van der Waals surface area contributed by atoms with E-state index in [0.29, 0.717) is 13.0 Å². The molecule has 1 heterocycles. The number of hydrogen-bond donors (Lipinski definition) is 1. The first kappa shape index (κ1) is 11.2. The minimum absolute atomic E-state index is 0.341. The summed E-state index contributed by atoms with van der Waals surface area (Å²) in [5, 5.41) is 0. The molecular weight excluding hydrogens is 204 g/mol. The third-order valence-corrected chi connectivity index (χ3v) is 3.25. The molecule has 1 aromatic rings. The zero-order chi connectivity index (χ0) is 10.6. The maximum atomic E-state index is 11.2. The van der Waals surface area contributed by atoms with Gasteiger partial charge in [0.25, 0.3) is 10.2 Å². The van der Waals surface area contributed by atoms with Crippen LogP contribution in [0.3, 0.4) is 0 Å². The van der Waals surface area contributed by atoms with Crippen LogP contribution in [-0.4, -0.2) is 33.4 Å². The molecule has 0 aliphatic heterocycles. The fourth-order valence-electron chi connectivity index (χ4n) is 0.887. The van der Waals surface area contributed by atoms with E-state index in [1.54, 1.807) is 12.3 Å². The first-order valence-corrected chi connectivity index (χ1v) is 5.66. The van der Waals surface area contributed by atoms with Crippen LogP contribution in [0.1, 0.15) is 5.76 Å². The van der Waals surface area contributed by atoms with Crippen LogP contribution < -0.4 is 4.72 Å². The van der Waals surface area contributed by atoms with Crippen LogP contribution in [0.2, 0.25) is 0 Å². The van der Waals surface area contributed by atoms with Gasteiger partial charge >= 0.3 is 0 Å². The van der Waals surface area contributed by atoms with E-state index < -0.39 is 10.2 Å². The van der Waals surface area contributed by atoms with Crippen molar-refractivity contribution in [2.45, 2.75) is 6.42 Å². The monoisotopic (exact) mass is 218 g/mol. The lowest BCUT2D eigenvalue weighted by molar-refractivity contribution is 0.490. The highest BCUT2D eigenvalue weighted by Crippen LogP contribution is 2.00. The van der Waals surface area contributed by atoms with Gasteiger partial charge in [0, 0.05) is 27.1 Å². The van der Waals surface area contributed by atoms with Crippen LogP contribution >= 0.6 is 0 Å². The molecule has 0 spiro atoms. The molecule has 80 valence electrons. The van der Waals surface area contributed by atoms with Crippen molar-refractivity contribution >= 4 is 10.2 Å². The Morgan fingerprint density at radius 1 is 1.50 bits per heavy atom. The van der Waals surface area contributed by atoms with Crippen LogP contribution in [0.5, 0.6) is 0 Å². The van der Waals surface area contributed by atoms with Crippen molar-refractivity contribution in [2.75, 3.05) is 20.6 Å². The Bertz CT molecular complexity index is 356. The third kappa shape index (κ3) is 3.13. The molecule has 14 heavy (non-hydrogen) atoms. The van der Waals surface area contributed by atoms with Gasteiger partial charge in [-0.2, -0.15) is 12.7 Å². The van der Waals surface area contributed by atoms with Gasteiger partial charge in [0.2, 0.25) is 0 Å². The lowest BCUT2D eigenvalue weighted by Crippen LogP contribution is -2.36. The second-order valence-corrected chi connectivity index (χ2v) is 4.98. The molecule has 0 unspecified atom stereocenters. The lowest BCUT2D eigenvalue weighted by atomic mass is 10.3. The average Bonchev–Trinajstić information content (AvgIpc) is 2.56. The van der Waals surface area contributed by atoms with E-state index in [-0.39, 0.29) is 0 Å². The largest absolute Gasteiger partial charge is 0.469 e. The summed E-state index contributed by atoms with van der Waals surface area (Å²) < 4.78 is 31.1. The second-order valence-electron chi connectivity index (χ2n) is 3.01. The van der Waals surface area contributed by atoms with Crippen molar-refractivity contribution in [1.29, 1.82) is 0 Å². The first-order chi connectivity index (χ1) is 6.52. The molecule has 0 saturated heterocycles. The SMILES string of the molecule is CN(C)S(=O)(=O)NCCc1ccco1. The van der Waals surface area contributed by atoms with E-state index in [9.17, 15) is 8.42 Å². The number of furan rings is 1. The summed E-state index contributed by atoms with van der Waals surface area (Å²) in [4.78, 5) is 0. The summed E-state index contributed by atoms with van der Waals surface area (Å²) in [5.41, 5.74) is 0. The van der Waals surface area contributed by atoms with Crippen LogP contribution in [0, 0.1) is 0 Å². The van der Waals surface area contributed by atoms with Crippen LogP contribution in [0.25, 0.3) is 0 Å². The van der Waals surface area contributed by atoms with Crippen molar-refractivity contribution < 1.29 is 12.8 Å². The van der Waals surface area contributed by atoms with Gasteiger partial charge in [0.05, 0.1) is 6.26 Å². The minimum atomic E-state index is -3.31. The Morgan fingerprint density at radius 3 is 2.71 bits per heavy atom. The highest BCUT2D eigenvalue weighted by atomic mass is 32.2. The zero-order valence-corrected chi connectivity index (χ0v) is 9.04. The van der Waals surface area contributed by atoms with E-state index in [1.807, 2.05) is 6.07 Å². The molecule has 0 bridgehead atoms. The Kier molecular flexibility index (Phi) is 3.68. The van der Waals surface area contributed by atoms with Gasteiger partial charge in [-0.15, -0.1) is 0 Å². The zero-order valence-electron chi connectivity index (χ0n) is 8.23. The predicted octanol–water partition coefficient (Wildman–Crippen LogP) is 0.218. The van der Waals surface area contributed by atoms with E-state index >= 15 is 0 Å². The number of nitrogens with one attached hydrogen (secondary N) is 1. The highest BCUT2D eigenvalue weighted by Gasteiger charge is 2.11. The highest BCUT2D eigenvalue weighted by molar-refractivity contribution is 7.87. The van der Waals surface area contributed by atoms with Gasteiger partial charge in [-0.05, 0) is 12.1 Å². The summed E-state index contributed by atoms with van der Waals surface area (Å²) >= 11 is 0. The van der Waals surface area contributed by atoms with Gasteiger partial charge in [-0.25, -0.2) is 4.72 Å². The lowest BCUT2D eigenvalue weighted by Gasteiger charge is -2.11. The van der Waals surface area contributed by atoms with Gasteiger partial charge < -0.3 is 4.42 Å². The normalized spacial score (nSPS) is 12.2. The van der Waals surface area contributed by atoms with Crippen molar-refractivity contribution in [2.24, 2.45) is 0 Å². The number of nitrogens with zero attached hydrogens (tertiary/aromatic N) is 1. The summed E-state index contributed by atoms with van der Waals surface area (Å²) in [6.45, 7) is 0.341. The minimum Gasteiger partial charge on any atom is -0.469 e. The standard InChI is InChI=1S/C8H14N2O3S/c1-10(2)14(11,12)9-6-5-8-4-3-7-13-8/h3-4,7,9H,5-6H2,1-2H3. The van der Waals surface area contributed by atoms with Crippen LogP contribution in [0.4, 0.5) is 0 Å². The molecule has 0 saturated carbocycles. The molecule has 0 fully saturated rings. The Balaban J connectivity index is 2.36. The van der Waals surface area contributed by atoms with Crippen LogP contribution in [-0.2, 0) is 16.6 Å². The second kappa shape index (κ2) is 4.59. The molecule has 6 heteroatoms. The Labute approximate surface area is 83.9 Å². The molecule has 1 N–H and O–H groups in total. The van der Waals surface area contributed by atoms with Crippen molar-refractivity contribution in [3.63, 3.8) is 0 Å². The quantitative estimate of drug-likeness (QED) is 0.769. The fraction of sp³-hybridized carbons (Fsp3) is 0.500. The molecule has 0 radical (unpaired) electrons. The van der Waals surface area contributed by atoms with Crippen LogP contribution in [0.15, 0.2) is 22.8 Å². The third-order valence-electron chi connectivity index (χ3n) is 1.72. The van der Waals surface area contributed by atoms with Gasteiger partial charge in [-0.3, -0.25) is 0 Å². The summed E-state index contributed by atoms with van der Waals surface area (Å²) in [6.07, 6.45) is 2.12. The van der Waals surface area contributed by atoms with E-state index in [1.165, 1.54) is 14.1 Å².